The highest BCUT2D eigenvalue weighted by atomic mass is 35.5. The highest BCUT2D eigenvalue weighted by molar-refractivity contribution is 6.30. The predicted molar refractivity (Wildman–Crippen MR) is 115 cm³/mol. The molecule has 3 aromatic rings. The summed E-state index contributed by atoms with van der Waals surface area (Å²) < 4.78 is 5.91. The molecule has 1 saturated heterocycles. The number of nitrogen functional groups attached to an aromatic ring is 1. The predicted octanol–water partition coefficient (Wildman–Crippen LogP) is 3.31. The molecular formula is C22H22ClN5O2. The van der Waals surface area contributed by atoms with Crippen molar-refractivity contribution in [1.29, 1.82) is 0 Å². The van der Waals surface area contributed by atoms with Gasteiger partial charge in [-0.15, -0.1) is 0 Å². The van der Waals surface area contributed by atoms with Gasteiger partial charge >= 0.3 is 0 Å². The number of morpholine rings is 1. The minimum Gasteiger partial charge on any atom is -0.368 e. The molecule has 0 spiro atoms. The first-order valence-electron chi connectivity index (χ1n) is 9.77. The summed E-state index contributed by atoms with van der Waals surface area (Å²) >= 11 is 6.03. The van der Waals surface area contributed by atoms with Crippen molar-refractivity contribution < 1.29 is 9.53 Å². The van der Waals surface area contributed by atoms with E-state index in [9.17, 15) is 4.79 Å². The van der Waals surface area contributed by atoms with Gasteiger partial charge in [-0.25, -0.2) is 15.0 Å². The summed E-state index contributed by atoms with van der Waals surface area (Å²) in [5, 5.41) is 0.684. The molecule has 1 unspecified atom stereocenters. The van der Waals surface area contributed by atoms with Crippen molar-refractivity contribution in [2.75, 3.05) is 25.4 Å². The van der Waals surface area contributed by atoms with Gasteiger partial charge in [-0.3, -0.25) is 4.79 Å². The van der Waals surface area contributed by atoms with E-state index in [4.69, 9.17) is 27.1 Å². The first kappa shape index (κ1) is 20.3. The monoisotopic (exact) mass is 423 g/mol. The summed E-state index contributed by atoms with van der Waals surface area (Å²) in [5.41, 5.74) is 8.90. The summed E-state index contributed by atoms with van der Waals surface area (Å²) in [6, 6.07) is 13.3. The fourth-order valence-electron chi connectivity index (χ4n) is 3.42. The second-order valence-electron chi connectivity index (χ2n) is 7.11. The smallest absolute Gasteiger partial charge is 0.223 e. The second-order valence-corrected chi connectivity index (χ2v) is 7.54. The number of nitrogens with two attached hydrogens (primary N) is 1. The maximum absolute atomic E-state index is 12.7. The number of nitrogens with zero attached hydrogens (tertiary/aromatic N) is 4. The number of hydrogen-bond donors (Lipinski definition) is 1. The number of hydrogen-bond acceptors (Lipinski definition) is 6. The third kappa shape index (κ3) is 4.93. The standard InChI is InChI=1S/C22H22ClN5O2/c23-17-4-1-3-15(11-17)7-8-21(29)28-9-10-30-20(14-28)19-6-2-5-18(27-19)16-12-25-22(24)26-13-16/h1-6,11-13,20H,7-10,14H2,(H2,24,25,26). The number of halogens is 1. The van der Waals surface area contributed by atoms with Crippen LogP contribution < -0.4 is 5.73 Å². The van der Waals surface area contributed by atoms with Crippen LogP contribution in [0.5, 0.6) is 0 Å². The molecule has 1 atom stereocenters. The maximum atomic E-state index is 12.7. The Morgan fingerprint density at radius 2 is 2.00 bits per heavy atom. The van der Waals surface area contributed by atoms with Gasteiger partial charge in [-0.2, -0.15) is 0 Å². The van der Waals surface area contributed by atoms with Crippen LogP contribution in [0.1, 0.15) is 23.8 Å². The van der Waals surface area contributed by atoms with Crippen LogP contribution in [0.3, 0.4) is 0 Å². The number of carbonyl (C=O) groups excluding carboxylic acids is 1. The van der Waals surface area contributed by atoms with Gasteiger partial charge in [0.2, 0.25) is 11.9 Å². The first-order valence-corrected chi connectivity index (χ1v) is 10.1. The van der Waals surface area contributed by atoms with Gasteiger partial charge in [0.25, 0.3) is 0 Å². The van der Waals surface area contributed by atoms with E-state index in [2.05, 4.69) is 9.97 Å². The van der Waals surface area contributed by atoms with Crippen LogP contribution in [0.4, 0.5) is 5.95 Å². The molecule has 0 bridgehead atoms. The maximum Gasteiger partial charge on any atom is 0.223 e. The van der Waals surface area contributed by atoms with Gasteiger partial charge < -0.3 is 15.4 Å². The highest BCUT2D eigenvalue weighted by Gasteiger charge is 2.26. The SMILES string of the molecule is Nc1ncc(-c2cccc(C3CN(C(=O)CCc4cccc(Cl)c4)CCO3)n2)cn1. The van der Waals surface area contributed by atoms with Crippen LogP contribution in [-0.2, 0) is 16.0 Å². The Bertz CT molecular complexity index is 1030. The van der Waals surface area contributed by atoms with Gasteiger partial charge in [0.15, 0.2) is 0 Å². The average molecular weight is 424 g/mol. The number of pyridine rings is 1. The molecule has 0 aliphatic carbocycles. The van der Waals surface area contributed by atoms with E-state index in [0.29, 0.717) is 37.6 Å². The molecule has 1 aromatic carbocycles. The lowest BCUT2D eigenvalue weighted by Crippen LogP contribution is -2.42. The molecule has 154 valence electrons. The Morgan fingerprint density at radius 1 is 1.20 bits per heavy atom. The fourth-order valence-corrected chi connectivity index (χ4v) is 3.63. The molecule has 0 saturated carbocycles. The van der Waals surface area contributed by atoms with E-state index in [-0.39, 0.29) is 18.0 Å². The Balaban J connectivity index is 1.41. The van der Waals surface area contributed by atoms with E-state index in [1.165, 1.54) is 0 Å². The Kier molecular flexibility index (Phi) is 6.21. The van der Waals surface area contributed by atoms with Crippen LogP contribution in [0.25, 0.3) is 11.3 Å². The fraction of sp³-hybridized carbons (Fsp3) is 0.273. The number of aromatic nitrogens is 3. The summed E-state index contributed by atoms with van der Waals surface area (Å²) in [6.07, 6.45) is 4.10. The second kappa shape index (κ2) is 9.19. The molecule has 8 heteroatoms. The molecular weight excluding hydrogens is 402 g/mol. The Morgan fingerprint density at radius 3 is 2.80 bits per heavy atom. The van der Waals surface area contributed by atoms with Crippen LogP contribution >= 0.6 is 11.6 Å². The van der Waals surface area contributed by atoms with Crippen molar-refractivity contribution in [2.45, 2.75) is 18.9 Å². The van der Waals surface area contributed by atoms with Gasteiger partial charge in [0, 0.05) is 35.9 Å². The van der Waals surface area contributed by atoms with Crippen molar-refractivity contribution in [1.82, 2.24) is 19.9 Å². The molecule has 7 nitrogen and oxygen atoms in total. The Hall–Kier alpha value is -3.03. The summed E-state index contributed by atoms with van der Waals surface area (Å²) in [4.78, 5) is 27.3. The molecule has 2 N–H and O–H groups in total. The third-order valence-corrected chi connectivity index (χ3v) is 5.24. The van der Waals surface area contributed by atoms with Gasteiger partial charge in [0.1, 0.15) is 6.10 Å². The largest absolute Gasteiger partial charge is 0.368 e. The minimum atomic E-state index is -0.275. The van der Waals surface area contributed by atoms with Crippen LogP contribution in [0, 0.1) is 0 Å². The van der Waals surface area contributed by atoms with Crippen molar-refractivity contribution in [3.63, 3.8) is 0 Å². The average Bonchev–Trinajstić information content (AvgIpc) is 2.78. The molecule has 3 heterocycles. The highest BCUT2D eigenvalue weighted by Crippen LogP contribution is 2.24. The summed E-state index contributed by atoms with van der Waals surface area (Å²) in [5.74, 6) is 0.323. The lowest BCUT2D eigenvalue weighted by molar-refractivity contribution is -0.139. The molecule has 1 amide bonds. The first-order chi connectivity index (χ1) is 14.6. The molecule has 4 rings (SSSR count). The van der Waals surface area contributed by atoms with Crippen LogP contribution in [0.15, 0.2) is 54.9 Å². The lowest BCUT2D eigenvalue weighted by Gasteiger charge is -2.33. The Labute approximate surface area is 179 Å². The normalized spacial score (nSPS) is 16.4. The van der Waals surface area contributed by atoms with Crippen molar-refractivity contribution in [3.05, 3.63) is 71.1 Å². The van der Waals surface area contributed by atoms with Gasteiger partial charge in [-0.05, 0) is 36.2 Å². The zero-order valence-electron chi connectivity index (χ0n) is 16.4. The molecule has 2 aromatic heterocycles. The number of carbonyl (C=O) groups is 1. The number of anilines is 1. The number of benzene rings is 1. The van der Waals surface area contributed by atoms with Gasteiger partial charge in [0.05, 0.1) is 24.5 Å². The van der Waals surface area contributed by atoms with E-state index in [0.717, 1.165) is 22.5 Å². The van der Waals surface area contributed by atoms with Crippen LogP contribution in [0.2, 0.25) is 5.02 Å². The molecule has 1 aliphatic heterocycles. The number of amides is 1. The van der Waals surface area contributed by atoms with Gasteiger partial charge in [-0.1, -0.05) is 29.8 Å². The van der Waals surface area contributed by atoms with E-state index in [1.54, 1.807) is 12.4 Å². The molecule has 30 heavy (non-hydrogen) atoms. The number of aryl methyl sites for hydroxylation is 1. The van der Waals surface area contributed by atoms with Crippen molar-refractivity contribution >= 4 is 23.5 Å². The quantitative estimate of drug-likeness (QED) is 0.676. The summed E-state index contributed by atoms with van der Waals surface area (Å²) in [6.45, 7) is 1.53. The third-order valence-electron chi connectivity index (χ3n) is 5.00. The van der Waals surface area contributed by atoms with Crippen LogP contribution in [-0.4, -0.2) is 45.5 Å². The number of rotatable bonds is 5. The van der Waals surface area contributed by atoms with E-state index < -0.39 is 0 Å². The van der Waals surface area contributed by atoms with Crippen molar-refractivity contribution in [2.24, 2.45) is 0 Å². The van der Waals surface area contributed by atoms with E-state index >= 15 is 0 Å². The zero-order chi connectivity index (χ0) is 20.9. The molecule has 1 aliphatic rings. The number of ether oxygens (including phenoxy) is 1. The molecule has 1 fully saturated rings. The minimum absolute atomic E-state index is 0.103. The molecule has 0 radical (unpaired) electrons. The topological polar surface area (TPSA) is 94.2 Å². The zero-order valence-corrected chi connectivity index (χ0v) is 17.1. The van der Waals surface area contributed by atoms with E-state index in [1.807, 2.05) is 47.4 Å². The lowest BCUT2D eigenvalue weighted by atomic mass is 10.1. The summed E-state index contributed by atoms with van der Waals surface area (Å²) in [7, 11) is 0. The van der Waals surface area contributed by atoms with Crippen molar-refractivity contribution in [3.8, 4) is 11.3 Å².